The van der Waals surface area contributed by atoms with Crippen LogP contribution in [0.5, 0.6) is 6.01 Å². The number of anilines is 1. The Kier molecular flexibility index (Phi) is 4.93. The summed E-state index contributed by atoms with van der Waals surface area (Å²) in [6, 6.07) is -0.0762. The van der Waals surface area contributed by atoms with Crippen molar-refractivity contribution in [1.29, 1.82) is 0 Å². The molecule has 31 heavy (non-hydrogen) atoms. The second-order valence-corrected chi connectivity index (χ2v) is 8.63. The molecule has 0 radical (unpaired) electrons. The zero-order chi connectivity index (χ0) is 21.8. The van der Waals surface area contributed by atoms with E-state index in [1.807, 2.05) is 0 Å². The molecular weight excluding hydrogens is 416 g/mol. The molecule has 0 amide bonds. The number of rotatable bonds is 5. The van der Waals surface area contributed by atoms with E-state index < -0.39 is 35.9 Å². The Labute approximate surface area is 176 Å². The highest BCUT2D eigenvalue weighted by atomic mass is 19.3. The molecule has 7 nitrogen and oxygen atoms in total. The molecule has 0 bridgehead atoms. The van der Waals surface area contributed by atoms with E-state index in [0.29, 0.717) is 13.0 Å². The van der Waals surface area contributed by atoms with Gasteiger partial charge in [-0.05, 0) is 19.4 Å². The maximum atomic E-state index is 14.7. The van der Waals surface area contributed by atoms with Gasteiger partial charge >= 0.3 is 6.01 Å². The first-order chi connectivity index (χ1) is 14.8. The smallest absolute Gasteiger partial charge is 0.319 e. The van der Waals surface area contributed by atoms with Crippen LogP contribution in [0.3, 0.4) is 0 Å². The quantitative estimate of drug-likeness (QED) is 0.692. The van der Waals surface area contributed by atoms with E-state index in [-0.39, 0.29) is 41.6 Å². The number of nitrogens with one attached hydrogen (secondary N) is 2. The Morgan fingerprint density at radius 3 is 2.94 bits per heavy atom. The van der Waals surface area contributed by atoms with Gasteiger partial charge in [0.25, 0.3) is 5.92 Å². The Hall–Kier alpha value is -2.27. The molecule has 0 spiro atoms. The van der Waals surface area contributed by atoms with Gasteiger partial charge in [0.05, 0.1) is 35.3 Å². The molecule has 3 aliphatic heterocycles. The zero-order valence-electron chi connectivity index (χ0n) is 17.1. The number of hydrogen-bond acceptors (Lipinski definition) is 7. The maximum absolute atomic E-state index is 14.7. The van der Waals surface area contributed by atoms with E-state index in [0.717, 1.165) is 25.6 Å². The normalized spacial score (nSPS) is 30.1. The van der Waals surface area contributed by atoms with Gasteiger partial charge in [-0.1, -0.05) is 0 Å². The van der Waals surface area contributed by atoms with Gasteiger partial charge in [-0.15, -0.1) is 0 Å². The third-order valence-electron chi connectivity index (χ3n) is 6.70. The third kappa shape index (κ3) is 3.38. The second-order valence-electron chi connectivity index (χ2n) is 8.63. The van der Waals surface area contributed by atoms with E-state index >= 15 is 0 Å². The molecule has 168 valence electrons. The topological polar surface area (TPSA) is 75.2 Å². The highest BCUT2D eigenvalue weighted by molar-refractivity contribution is 5.92. The van der Waals surface area contributed by atoms with Crippen LogP contribution in [0.15, 0.2) is 6.20 Å². The molecule has 5 heterocycles. The lowest BCUT2D eigenvalue weighted by molar-refractivity contribution is 0.00506. The van der Waals surface area contributed by atoms with Gasteiger partial charge in [0, 0.05) is 26.6 Å². The molecule has 11 heteroatoms. The molecular formula is C20H24F4N6O. The van der Waals surface area contributed by atoms with Crippen molar-refractivity contribution in [2.24, 2.45) is 0 Å². The first kappa shape index (κ1) is 20.6. The highest BCUT2D eigenvalue weighted by Crippen LogP contribution is 2.42. The van der Waals surface area contributed by atoms with Crippen LogP contribution in [0, 0.1) is 5.82 Å². The number of hydrogen-bond donors (Lipinski definition) is 2. The van der Waals surface area contributed by atoms with Gasteiger partial charge in [-0.25, -0.2) is 17.6 Å². The molecule has 3 saturated heterocycles. The first-order valence-electron chi connectivity index (χ1n) is 10.5. The third-order valence-corrected chi connectivity index (χ3v) is 6.70. The molecule has 3 atom stereocenters. The van der Waals surface area contributed by atoms with Crippen molar-refractivity contribution in [3.05, 3.63) is 17.7 Å². The largest absolute Gasteiger partial charge is 0.461 e. The predicted octanol–water partition coefficient (Wildman–Crippen LogP) is 2.48. The molecule has 2 N–H and O–H groups in total. The van der Waals surface area contributed by atoms with Gasteiger partial charge in [0.1, 0.15) is 24.1 Å². The summed E-state index contributed by atoms with van der Waals surface area (Å²) in [5, 5.41) is 5.61. The predicted molar refractivity (Wildman–Crippen MR) is 106 cm³/mol. The minimum absolute atomic E-state index is 0.0187. The van der Waals surface area contributed by atoms with E-state index in [1.54, 1.807) is 7.05 Å². The molecule has 0 saturated carbocycles. The molecule has 2 aromatic rings. The van der Waals surface area contributed by atoms with Crippen LogP contribution in [0.1, 0.15) is 30.9 Å². The van der Waals surface area contributed by atoms with Gasteiger partial charge in [-0.3, -0.25) is 9.88 Å². The van der Waals surface area contributed by atoms with E-state index in [4.69, 9.17) is 4.74 Å². The number of alkyl halides is 3. The summed E-state index contributed by atoms with van der Waals surface area (Å²) in [5.74, 6) is -4.82. The molecule has 3 aliphatic rings. The number of nitrogens with zero attached hydrogens (tertiary/aromatic N) is 4. The minimum atomic E-state index is -3.02. The molecule has 3 fully saturated rings. The SMILES string of the molecule is CNc1nc(OC[C@@]23CCCN2C[C@H](F)C3)nc2c(F)cnc([C@H]3CNCC3(F)F)c12. The van der Waals surface area contributed by atoms with Crippen molar-refractivity contribution in [2.45, 2.75) is 42.8 Å². The van der Waals surface area contributed by atoms with E-state index in [2.05, 4.69) is 30.5 Å². The van der Waals surface area contributed by atoms with Crippen LogP contribution < -0.4 is 15.4 Å². The molecule has 5 rings (SSSR count). The Bertz CT molecular complexity index is 1010. The van der Waals surface area contributed by atoms with Gasteiger partial charge in [0.15, 0.2) is 5.82 Å². The minimum Gasteiger partial charge on any atom is -0.461 e. The number of aromatic nitrogens is 3. The van der Waals surface area contributed by atoms with Crippen molar-refractivity contribution < 1.29 is 22.3 Å². The molecule has 0 aromatic carbocycles. The lowest BCUT2D eigenvalue weighted by Gasteiger charge is -2.30. The summed E-state index contributed by atoms with van der Waals surface area (Å²) < 4.78 is 63.2. The van der Waals surface area contributed by atoms with Gasteiger partial charge < -0.3 is 15.4 Å². The summed E-state index contributed by atoms with van der Waals surface area (Å²) in [6.45, 7) is 0.939. The number of fused-ring (bicyclic) bond motifs is 2. The van der Waals surface area contributed by atoms with Crippen LogP contribution in [0.25, 0.3) is 10.9 Å². The fourth-order valence-electron chi connectivity index (χ4n) is 5.22. The van der Waals surface area contributed by atoms with E-state index in [9.17, 15) is 17.6 Å². The summed E-state index contributed by atoms with van der Waals surface area (Å²) >= 11 is 0. The number of halogens is 4. The van der Waals surface area contributed by atoms with Gasteiger partial charge in [-0.2, -0.15) is 9.97 Å². The number of ether oxygens (including phenoxy) is 1. The average Bonchev–Trinajstić information content (AvgIpc) is 3.37. The zero-order valence-corrected chi connectivity index (χ0v) is 17.1. The average molecular weight is 440 g/mol. The lowest BCUT2D eigenvalue weighted by Crippen LogP contribution is -2.43. The van der Waals surface area contributed by atoms with Crippen molar-refractivity contribution in [2.75, 3.05) is 45.2 Å². The maximum Gasteiger partial charge on any atom is 0.319 e. The van der Waals surface area contributed by atoms with Crippen LogP contribution >= 0.6 is 0 Å². The fourth-order valence-corrected chi connectivity index (χ4v) is 5.22. The van der Waals surface area contributed by atoms with Crippen molar-refractivity contribution in [3.8, 4) is 6.01 Å². The van der Waals surface area contributed by atoms with Crippen LogP contribution in [0.4, 0.5) is 23.4 Å². The second kappa shape index (κ2) is 7.40. The van der Waals surface area contributed by atoms with Crippen LogP contribution in [-0.4, -0.2) is 77.3 Å². The monoisotopic (exact) mass is 440 g/mol. The van der Waals surface area contributed by atoms with Crippen LogP contribution in [-0.2, 0) is 0 Å². The Morgan fingerprint density at radius 2 is 2.19 bits per heavy atom. The lowest BCUT2D eigenvalue weighted by atomic mass is 9.95. The highest BCUT2D eigenvalue weighted by Gasteiger charge is 2.50. The Balaban J connectivity index is 1.51. The standard InChI is InChI=1S/C20H24F4N6O/c1-25-17-14-15(12-6-26-9-20(12,23)24)27-7-13(22)16(14)28-18(29-17)31-10-19-3-2-4-30(19)8-11(21)5-19/h7,11-12,26H,2-6,8-10H2,1H3,(H,25,28,29)/t11-,12-,19+/m1/s1. The molecule has 0 aliphatic carbocycles. The summed E-state index contributed by atoms with van der Waals surface area (Å²) in [6.07, 6.45) is 2.16. The summed E-state index contributed by atoms with van der Waals surface area (Å²) in [5.41, 5.74) is -0.492. The summed E-state index contributed by atoms with van der Waals surface area (Å²) in [7, 11) is 1.56. The fraction of sp³-hybridized carbons (Fsp3) is 0.650. The van der Waals surface area contributed by atoms with Crippen molar-refractivity contribution in [3.63, 3.8) is 0 Å². The van der Waals surface area contributed by atoms with Crippen LogP contribution in [0.2, 0.25) is 0 Å². The van der Waals surface area contributed by atoms with Crippen molar-refractivity contribution in [1.82, 2.24) is 25.2 Å². The van der Waals surface area contributed by atoms with Gasteiger partial charge in [0.2, 0.25) is 0 Å². The summed E-state index contributed by atoms with van der Waals surface area (Å²) in [4.78, 5) is 14.6. The Morgan fingerprint density at radius 1 is 1.35 bits per heavy atom. The molecule has 2 aromatic heterocycles. The molecule has 0 unspecified atom stereocenters. The first-order valence-corrected chi connectivity index (χ1v) is 10.5. The van der Waals surface area contributed by atoms with Crippen molar-refractivity contribution >= 4 is 16.7 Å². The number of pyridine rings is 1. The van der Waals surface area contributed by atoms with E-state index in [1.165, 1.54) is 0 Å².